The van der Waals surface area contributed by atoms with Crippen molar-refractivity contribution in [2.45, 2.75) is 58.9 Å². The molecule has 1 N–H and O–H groups in total. The van der Waals surface area contributed by atoms with E-state index in [0.29, 0.717) is 16.7 Å². The standard InChI is InChI=1S/C22H27F3N2O3S/c1-6-8-11-27-14(3)18(7-2)31-20(27)26-19(28)16-12-15(22(23,24)25)9-10-17(16)30-13-21(4,5)29/h7,9-10,12,29H,3,6,8,11,13H2,1-2,4-5H3. The van der Waals surface area contributed by atoms with Gasteiger partial charge in [0, 0.05) is 11.1 Å². The predicted molar refractivity (Wildman–Crippen MR) is 115 cm³/mol. The monoisotopic (exact) mass is 456 g/mol. The Morgan fingerprint density at radius 2 is 2.03 bits per heavy atom. The Balaban J connectivity index is 2.61. The Hall–Kier alpha value is -2.39. The average Bonchev–Trinajstić information content (AvgIpc) is 2.97. The number of thiazole rings is 1. The summed E-state index contributed by atoms with van der Waals surface area (Å²) in [5, 5.41) is 10.6. The van der Waals surface area contributed by atoms with E-state index in [9.17, 15) is 23.1 Å². The first-order valence-corrected chi connectivity index (χ1v) is 10.7. The van der Waals surface area contributed by atoms with Crippen LogP contribution in [0.15, 0.2) is 23.2 Å². The highest BCUT2D eigenvalue weighted by atomic mass is 32.1. The van der Waals surface area contributed by atoms with E-state index in [1.165, 1.54) is 25.2 Å². The first-order chi connectivity index (χ1) is 14.4. The summed E-state index contributed by atoms with van der Waals surface area (Å²) in [5.74, 6) is -0.927. The predicted octanol–water partition coefficient (Wildman–Crippen LogP) is 3.47. The van der Waals surface area contributed by atoms with Gasteiger partial charge in [-0.15, -0.1) is 0 Å². The highest BCUT2D eigenvalue weighted by Crippen LogP contribution is 2.33. The quantitative estimate of drug-likeness (QED) is 0.694. The van der Waals surface area contributed by atoms with Crippen LogP contribution in [-0.2, 0) is 12.7 Å². The number of amides is 1. The fourth-order valence-electron chi connectivity index (χ4n) is 2.72. The zero-order valence-electron chi connectivity index (χ0n) is 18.0. The van der Waals surface area contributed by atoms with E-state index >= 15 is 0 Å². The number of ether oxygens (including phenoxy) is 1. The highest BCUT2D eigenvalue weighted by molar-refractivity contribution is 7.07. The van der Waals surface area contributed by atoms with E-state index in [0.717, 1.165) is 35.6 Å². The normalized spacial score (nSPS) is 13.7. The second-order valence-electron chi connectivity index (χ2n) is 7.72. The molecule has 1 aromatic heterocycles. The molecule has 170 valence electrons. The lowest BCUT2D eigenvalue weighted by Gasteiger charge is -2.19. The van der Waals surface area contributed by atoms with Crippen LogP contribution in [0.25, 0.3) is 12.7 Å². The molecule has 2 rings (SSSR count). The second kappa shape index (κ2) is 9.82. The molecule has 0 bridgehead atoms. The molecule has 0 aliphatic heterocycles. The fraction of sp³-hybridized carbons (Fsp3) is 0.455. The van der Waals surface area contributed by atoms with E-state index in [2.05, 4.69) is 11.6 Å². The van der Waals surface area contributed by atoms with Crippen molar-refractivity contribution in [1.29, 1.82) is 0 Å². The van der Waals surface area contributed by atoms with Crippen molar-refractivity contribution >= 4 is 29.9 Å². The van der Waals surface area contributed by atoms with Crippen molar-refractivity contribution in [3.05, 3.63) is 44.0 Å². The molecule has 0 unspecified atom stereocenters. The number of halogens is 3. The fourth-order valence-corrected chi connectivity index (χ4v) is 3.70. The molecule has 5 nitrogen and oxygen atoms in total. The number of aromatic nitrogens is 1. The van der Waals surface area contributed by atoms with Crippen molar-refractivity contribution < 1.29 is 27.8 Å². The van der Waals surface area contributed by atoms with Gasteiger partial charge in [-0.2, -0.15) is 18.2 Å². The van der Waals surface area contributed by atoms with Crippen LogP contribution in [0, 0.1) is 0 Å². The van der Waals surface area contributed by atoms with Gasteiger partial charge in [-0.1, -0.05) is 37.3 Å². The van der Waals surface area contributed by atoms with Crippen LogP contribution in [0.4, 0.5) is 13.2 Å². The van der Waals surface area contributed by atoms with Gasteiger partial charge in [0.1, 0.15) is 12.4 Å². The van der Waals surface area contributed by atoms with E-state index in [1.807, 2.05) is 19.9 Å². The van der Waals surface area contributed by atoms with Crippen LogP contribution in [-0.4, -0.2) is 27.8 Å². The van der Waals surface area contributed by atoms with Gasteiger partial charge in [0.15, 0.2) is 4.80 Å². The summed E-state index contributed by atoms with van der Waals surface area (Å²) in [6.07, 6.45) is -1.02. The third-order valence-corrected chi connectivity index (χ3v) is 5.54. The molecule has 0 saturated heterocycles. The first kappa shape index (κ1) is 24.9. The molecule has 0 radical (unpaired) electrons. The van der Waals surface area contributed by atoms with Crippen molar-refractivity contribution in [2.75, 3.05) is 6.61 Å². The zero-order valence-corrected chi connectivity index (χ0v) is 18.9. The van der Waals surface area contributed by atoms with Crippen LogP contribution >= 0.6 is 11.3 Å². The number of carbonyl (C=O) groups excluding carboxylic acids is 1. The number of aliphatic hydroxyl groups is 1. The molecule has 0 atom stereocenters. The molecule has 0 spiro atoms. The highest BCUT2D eigenvalue weighted by Gasteiger charge is 2.32. The number of benzene rings is 1. The number of hydrogen-bond acceptors (Lipinski definition) is 4. The summed E-state index contributed by atoms with van der Waals surface area (Å²) in [7, 11) is 0. The minimum Gasteiger partial charge on any atom is -0.490 e. The van der Waals surface area contributed by atoms with Gasteiger partial charge < -0.3 is 14.4 Å². The van der Waals surface area contributed by atoms with Crippen LogP contribution in [0.3, 0.4) is 0 Å². The average molecular weight is 457 g/mol. The zero-order chi connectivity index (χ0) is 23.4. The van der Waals surface area contributed by atoms with Gasteiger partial charge in [-0.05, 0) is 45.4 Å². The largest absolute Gasteiger partial charge is 0.490 e. The number of hydrogen-bond donors (Lipinski definition) is 1. The number of alkyl halides is 3. The van der Waals surface area contributed by atoms with Gasteiger partial charge >= 0.3 is 6.18 Å². The smallest absolute Gasteiger partial charge is 0.416 e. The molecule has 9 heteroatoms. The van der Waals surface area contributed by atoms with Gasteiger partial charge in [0.2, 0.25) is 0 Å². The number of carbonyl (C=O) groups is 1. The van der Waals surface area contributed by atoms with Crippen molar-refractivity contribution in [1.82, 2.24) is 4.57 Å². The third kappa shape index (κ3) is 6.54. The van der Waals surface area contributed by atoms with Gasteiger partial charge in [-0.25, -0.2) is 0 Å². The van der Waals surface area contributed by atoms with Crippen LogP contribution in [0.1, 0.15) is 56.5 Å². The number of unbranched alkanes of at least 4 members (excludes halogenated alkanes) is 1. The Kier molecular flexibility index (Phi) is 7.88. The van der Waals surface area contributed by atoms with E-state index in [1.54, 1.807) is 4.57 Å². The molecule has 31 heavy (non-hydrogen) atoms. The maximum atomic E-state index is 13.2. The Morgan fingerprint density at radius 3 is 2.58 bits per heavy atom. The summed E-state index contributed by atoms with van der Waals surface area (Å²) in [4.78, 5) is 17.4. The summed E-state index contributed by atoms with van der Waals surface area (Å²) in [6.45, 7) is 11.3. The van der Waals surface area contributed by atoms with Crippen LogP contribution < -0.4 is 19.4 Å². The Morgan fingerprint density at radius 1 is 1.35 bits per heavy atom. The lowest BCUT2D eigenvalue weighted by molar-refractivity contribution is -0.137. The molecule has 0 aliphatic rings. The van der Waals surface area contributed by atoms with Crippen molar-refractivity contribution in [2.24, 2.45) is 4.99 Å². The molecule has 1 heterocycles. The minimum atomic E-state index is -4.63. The SMILES string of the molecule is C=c1c(=CC)sc(=NC(=O)c2cc(C(F)(F)F)ccc2OCC(C)(C)O)n1CCCC. The number of rotatable bonds is 7. The molecule has 1 amide bonds. The molecule has 1 aromatic carbocycles. The number of nitrogens with zero attached hydrogens (tertiary/aromatic N) is 2. The Bertz CT molecular complexity index is 1110. The van der Waals surface area contributed by atoms with Crippen LogP contribution in [0.5, 0.6) is 5.75 Å². The van der Waals surface area contributed by atoms with Gasteiger partial charge in [-0.3, -0.25) is 4.79 Å². The van der Waals surface area contributed by atoms with Crippen molar-refractivity contribution in [3.8, 4) is 5.75 Å². The lowest BCUT2D eigenvalue weighted by atomic mass is 10.1. The van der Waals surface area contributed by atoms with E-state index < -0.39 is 23.2 Å². The maximum absolute atomic E-state index is 13.2. The van der Waals surface area contributed by atoms with E-state index in [-0.39, 0.29) is 17.9 Å². The molecular weight excluding hydrogens is 429 g/mol. The molecule has 2 aromatic rings. The summed E-state index contributed by atoms with van der Waals surface area (Å²) in [5.41, 5.74) is -2.53. The molecule has 0 saturated carbocycles. The van der Waals surface area contributed by atoms with E-state index in [4.69, 9.17) is 4.74 Å². The third-order valence-electron chi connectivity index (χ3n) is 4.36. The molecular formula is C22H27F3N2O3S. The van der Waals surface area contributed by atoms with Crippen molar-refractivity contribution in [3.63, 3.8) is 0 Å². The van der Waals surface area contributed by atoms with Gasteiger partial charge in [0.05, 0.1) is 22.1 Å². The Labute approximate surface area is 182 Å². The lowest BCUT2D eigenvalue weighted by Crippen LogP contribution is -2.31. The molecule has 0 fully saturated rings. The summed E-state index contributed by atoms with van der Waals surface area (Å²) >= 11 is 1.25. The maximum Gasteiger partial charge on any atom is 0.416 e. The van der Waals surface area contributed by atoms with Crippen LogP contribution in [0.2, 0.25) is 0 Å². The van der Waals surface area contributed by atoms with Gasteiger partial charge in [0.25, 0.3) is 5.91 Å². The summed E-state index contributed by atoms with van der Waals surface area (Å²) in [6, 6.07) is 2.64. The topological polar surface area (TPSA) is 63.8 Å². The molecule has 0 aliphatic carbocycles. The second-order valence-corrected chi connectivity index (χ2v) is 8.73. The summed E-state index contributed by atoms with van der Waals surface area (Å²) < 4.78 is 47.8. The first-order valence-electron chi connectivity index (χ1n) is 9.87. The minimum absolute atomic E-state index is 0.0716.